The van der Waals surface area contributed by atoms with E-state index in [1.165, 1.54) is 18.4 Å². The van der Waals surface area contributed by atoms with Crippen molar-refractivity contribution in [3.8, 4) is 0 Å². The number of aliphatic imine (C=N–C) groups is 1. The minimum atomic E-state index is -0.617. The van der Waals surface area contributed by atoms with E-state index in [1.807, 2.05) is 0 Å². The summed E-state index contributed by atoms with van der Waals surface area (Å²) in [7, 11) is 0. The van der Waals surface area contributed by atoms with Crippen LogP contribution in [-0.2, 0) is 6.54 Å². The number of aromatic nitrogens is 3. The van der Waals surface area contributed by atoms with E-state index in [-0.39, 0.29) is 29.7 Å². The van der Waals surface area contributed by atoms with Gasteiger partial charge in [0.15, 0.2) is 17.5 Å². The van der Waals surface area contributed by atoms with Crippen LogP contribution in [0, 0.1) is 11.6 Å². The largest absolute Gasteiger partial charge is 0.396 e. The van der Waals surface area contributed by atoms with Gasteiger partial charge >= 0.3 is 0 Å². The van der Waals surface area contributed by atoms with Crippen molar-refractivity contribution in [3.63, 3.8) is 0 Å². The molecule has 29 heavy (non-hydrogen) atoms. The van der Waals surface area contributed by atoms with E-state index in [0.29, 0.717) is 23.5 Å². The molecule has 2 heterocycles. The van der Waals surface area contributed by atoms with E-state index < -0.39 is 5.82 Å². The molecule has 0 aliphatic heterocycles. The molecule has 0 amide bonds. The predicted octanol–water partition coefficient (Wildman–Crippen LogP) is 3.33. The van der Waals surface area contributed by atoms with Gasteiger partial charge in [-0.15, -0.1) is 6.58 Å². The molecule has 7 nitrogen and oxygen atoms in total. The molecule has 3 aromatic rings. The van der Waals surface area contributed by atoms with E-state index in [9.17, 15) is 8.78 Å². The highest BCUT2D eigenvalue weighted by Crippen LogP contribution is 2.14. The van der Waals surface area contributed by atoms with Gasteiger partial charge in [-0.1, -0.05) is 29.4 Å². The molecule has 0 saturated heterocycles. The number of nitrogens with one attached hydrogen (secondary N) is 1. The summed E-state index contributed by atoms with van der Waals surface area (Å²) in [6.45, 7) is 3.95. The maximum atomic E-state index is 13.9. The summed E-state index contributed by atoms with van der Waals surface area (Å²) in [6.07, 6.45) is 5.44. The van der Waals surface area contributed by atoms with E-state index in [4.69, 9.17) is 10.3 Å². The first-order valence-corrected chi connectivity index (χ1v) is 8.62. The van der Waals surface area contributed by atoms with Gasteiger partial charge in [0.2, 0.25) is 0 Å². The number of halogens is 2. The molecule has 0 spiro atoms. The highest BCUT2D eigenvalue weighted by atomic mass is 19.1. The Labute approximate surface area is 165 Å². The number of nitrogens with two attached hydrogens (primary N) is 1. The second kappa shape index (κ2) is 9.36. The average Bonchev–Trinajstić information content (AvgIpc) is 3.26. The van der Waals surface area contributed by atoms with Crippen LogP contribution >= 0.6 is 0 Å². The van der Waals surface area contributed by atoms with E-state index in [0.717, 1.165) is 6.20 Å². The molecule has 0 unspecified atom stereocenters. The Balaban J connectivity index is 1.92. The molecule has 3 N–H and O–H groups in total. The molecule has 0 bridgehead atoms. The average molecular weight is 396 g/mol. The molecule has 9 heteroatoms. The first-order chi connectivity index (χ1) is 14.1. The summed E-state index contributed by atoms with van der Waals surface area (Å²) in [5.41, 5.74) is 7.38. The summed E-state index contributed by atoms with van der Waals surface area (Å²) < 4.78 is 32.6. The van der Waals surface area contributed by atoms with Crippen molar-refractivity contribution in [2.75, 3.05) is 11.9 Å². The summed E-state index contributed by atoms with van der Waals surface area (Å²) >= 11 is 0. The number of anilines is 1. The number of hydrogen-bond acceptors (Lipinski definition) is 7. The zero-order valence-electron chi connectivity index (χ0n) is 15.3. The molecule has 3 rings (SSSR count). The number of benzene rings is 1. The normalized spacial score (nSPS) is 12.1. The van der Waals surface area contributed by atoms with Crippen molar-refractivity contribution in [3.05, 3.63) is 90.2 Å². The Kier molecular flexibility index (Phi) is 6.41. The lowest BCUT2D eigenvalue weighted by molar-refractivity contribution is 0.418. The summed E-state index contributed by atoms with van der Waals surface area (Å²) in [6, 6.07) is 7.90. The fraction of sp³-hybridized carbons (Fsp3) is 0.100. The van der Waals surface area contributed by atoms with Crippen molar-refractivity contribution in [2.24, 2.45) is 10.7 Å². The van der Waals surface area contributed by atoms with Crippen molar-refractivity contribution in [2.45, 2.75) is 6.54 Å². The molecule has 0 atom stereocenters. The molecule has 2 aromatic heterocycles. The number of nitrogens with zero attached hydrogens (tertiary/aromatic N) is 4. The van der Waals surface area contributed by atoms with Gasteiger partial charge in [-0.25, -0.2) is 18.7 Å². The molecule has 0 saturated carbocycles. The van der Waals surface area contributed by atoms with Crippen LogP contribution in [0.2, 0.25) is 0 Å². The third-order valence-corrected chi connectivity index (χ3v) is 3.79. The second-order valence-corrected chi connectivity index (χ2v) is 5.84. The fourth-order valence-corrected chi connectivity index (χ4v) is 2.35. The summed E-state index contributed by atoms with van der Waals surface area (Å²) in [5.74, 6) is -0.890. The lowest BCUT2D eigenvalue weighted by atomic mass is 10.2. The highest BCUT2D eigenvalue weighted by Gasteiger charge is 2.11. The monoisotopic (exact) mass is 396 g/mol. The molecule has 0 aliphatic rings. The van der Waals surface area contributed by atoms with E-state index in [1.54, 1.807) is 30.3 Å². The number of allylic oxidation sites excluding steroid dienone is 1. The Morgan fingerprint density at radius 3 is 2.79 bits per heavy atom. The Hall–Kier alpha value is -3.88. The fourth-order valence-electron chi connectivity index (χ4n) is 2.35. The Morgan fingerprint density at radius 1 is 1.24 bits per heavy atom. The first-order valence-electron chi connectivity index (χ1n) is 8.62. The van der Waals surface area contributed by atoms with Gasteiger partial charge in [-0.2, -0.15) is 0 Å². The SMILES string of the molecule is C=CCNc1nc(C(N)=CC(=NCc2ccccc2F)c2ccon2)ncc1F. The minimum Gasteiger partial charge on any atom is -0.396 e. The van der Waals surface area contributed by atoms with Crippen LogP contribution in [0.5, 0.6) is 0 Å². The molecule has 0 radical (unpaired) electrons. The number of hydrogen-bond donors (Lipinski definition) is 2. The first kappa shape index (κ1) is 19.9. The zero-order chi connectivity index (χ0) is 20.6. The van der Waals surface area contributed by atoms with Crippen LogP contribution in [0.3, 0.4) is 0 Å². The smallest absolute Gasteiger partial charge is 0.183 e. The second-order valence-electron chi connectivity index (χ2n) is 5.84. The van der Waals surface area contributed by atoms with Gasteiger partial charge in [0.05, 0.1) is 24.2 Å². The lowest BCUT2D eigenvalue weighted by Gasteiger charge is -2.07. The van der Waals surface area contributed by atoms with Gasteiger partial charge in [-0.05, 0) is 12.1 Å². The molecule has 0 aliphatic carbocycles. The molecular formula is C20H18F2N6O. The molecule has 1 aromatic carbocycles. The van der Waals surface area contributed by atoms with Crippen molar-refractivity contribution in [1.29, 1.82) is 0 Å². The van der Waals surface area contributed by atoms with Crippen LogP contribution in [-0.4, -0.2) is 27.4 Å². The van der Waals surface area contributed by atoms with Gasteiger partial charge < -0.3 is 15.6 Å². The lowest BCUT2D eigenvalue weighted by Crippen LogP contribution is -2.11. The van der Waals surface area contributed by atoms with Crippen LogP contribution in [0.25, 0.3) is 5.70 Å². The maximum absolute atomic E-state index is 13.9. The van der Waals surface area contributed by atoms with Crippen molar-refractivity contribution in [1.82, 2.24) is 15.1 Å². The van der Waals surface area contributed by atoms with Gasteiger partial charge in [-0.3, -0.25) is 4.99 Å². The van der Waals surface area contributed by atoms with Crippen LogP contribution in [0.1, 0.15) is 17.1 Å². The predicted molar refractivity (Wildman–Crippen MR) is 106 cm³/mol. The third-order valence-electron chi connectivity index (χ3n) is 3.79. The molecule has 0 fully saturated rings. The van der Waals surface area contributed by atoms with Gasteiger partial charge in [0.25, 0.3) is 0 Å². The van der Waals surface area contributed by atoms with Gasteiger partial charge in [0.1, 0.15) is 17.8 Å². The van der Waals surface area contributed by atoms with Crippen LogP contribution in [0.15, 0.2) is 71.0 Å². The quantitative estimate of drug-likeness (QED) is 0.447. The summed E-state index contributed by atoms with van der Waals surface area (Å²) in [4.78, 5) is 12.4. The van der Waals surface area contributed by atoms with Crippen LogP contribution < -0.4 is 11.1 Å². The standard InChI is InChI=1S/C20H18F2N6O/c1-2-8-24-19-15(22)12-26-20(27-19)16(23)10-18(17-7-9-29-28-17)25-11-13-5-3-4-6-14(13)21/h2-7,9-10,12H,1,8,11,23H2,(H,24,26,27). The number of rotatable bonds is 8. The Bertz CT molecular complexity index is 1050. The zero-order valence-corrected chi connectivity index (χ0v) is 15.3. The molecular weight excluding hydrogens is 378 g/mol. The third kappa shape index (κ3) is 5.10. The molecule has 148 valence electrons. The van der Waals surface area contributed by atoms with E-state index >= 15 is 0 Å². The maximum Gasteiger partial charge on any atom is 0.183 e. The van der Waals surface area contributed by atoms with Gasteiger partial charge in [0, 0.05) is 18.2 Å². The van der Waals surface area contributed by atoms with Crippen molar-refractivity contribution >= 4 is 17.2 Å². The van der Waals surface area contributed by atoms with E-state index in [2.05, 4.69) is 32.0 Å². The summed E-state index contributed by atoms with van der Waals surface area (Å²) in [5, 5.41) is 6.61. The Morgan fingerprint density at radius 2 is 2.07 bits per heavy atom. The topological polar surface area (TPSA) is 102 Å². The minimum absolute atomic E-state index is 0.00229. The van der Waals surface area contributed by atoms with Crippen molar-refractivity contribution < 1.29 is 13.3 Å². The highest BCUT2D eigenvalue weighted by molar-refractivity contribution is 6.10. The van der Waals surface area contributed by atoms with Crippen LogP contribution in [0.4, 0.5) is 14.6 Å².